The molecule has 0 aliphatic rings. The number of hydrogen-bond donors (Lipinski definition) is 0. The highest BCUT2D eigenvalue weighted by molar-refractivity contribution is 5.72. The van der Waals surface area contributed by atoms with Gasteiger partial charge in [-0.05, 0) is 45.4 Å². The van der Waals surface area contributed by atoms with E-state index in [1.807, 2.05) is 27.0 Å². The van der Waals surface area contributed by atoms with Crippen molar-refractivity contribution >= 4 is 11.4 Å². The van der Waals surface area contributed by atoms with Crippen LogP contribution in [0.25, 0.3) is 0 Å². The van der Waals surface area contributed by atoms with E-state index in [0.717, 1.165) is 22.8 Å². The lowest BCUT2D eigenvalue weighted by molar-refractivity contribution is 1.07. The van der Waals surface area contributed by atoms with E-state index < -0.39 is 0 Å². The van der Waals surface area contributed by atoms with Crippen LogP contribution >= 0.6 is 0 Å². The third-order valence-electron chi connectivity index (χ3n) is 3.49. The molecule has 2 aromatic rings. The van der Waals surface area contributed by atoms with Crippen molar-refractivity contribution in [1.29, 1.82) is 5.26 Å². The first-order valence-electron chi connectivity index (χ1n) is 6.63. The van der Waals surface area contributed by atoms with Crippen LogP contribution in [0.4, 0.5) is 11.4 Å². The number of aryl methyl sites for hydroxylation is 4. The van der Waals surface area contributed by atoms with Crippen LogP contribution in [0.15, 0.2) is 24.3 Å². The molecule has 3 heteroatoms. The molecule has 3 nitrogen and oxygen atoms in total. The lowest BCUT2D eigenvalue weighted by Crippen LogP contribution is -2.14. The SMILES string of the molecule is Cc1ccc(N(C)c2cc(C)nc(C)c2C#N)c(C)c1. The van der Waals surface area contributed by atoms with Gasteiger partial charge in [-0.3, -0.25) is 4.98 Å². The number of anilines is 2. The Balaban J connectivity index is 2.59. The van der Waals surface area contributed by atoms with Crippen molar-refractivity contribution in [2.24, 2.45) is 0 Å². The van der Waals surface area contributed by atoms with Gasteiger partial charge < -0.3 is 4.90 Å². The molecular weight excluding hydrogens is 246 g/mol. The summed E-state index contributed by atoms with van der Waals surface area (Å²) in [6.07, 6.45) is 0. The van der Waals surface area contributed by atoms with E-state index in [1.54, 1.807) is 0 Å². The standard InChI is InChI=1S/C17H19N3/c1-11-6-7-16(12(2)8-11)20(5)17-9-13(3)19-14(4)15(17)10-18/h6-9H,1-5H3. The normalized spacial score (nSPS) is 10.2. The number of benzene rings is 1. The Labute approximate surface area is 120 Å². The van der Waals surface area contributed by atoms with Crippen molar-refractivity contribution in [2.45, 2.75) is 27.7 Å². The Morgan fingerprint density at radius 3 is 2.35 bits per heavy atom. The van der Waals surface area contributed by atoms with Gasteiger partial charge in [-0.15, -0.1) is 0 Å². The molecule has 0 atom stereocenters. The summed E-state index contributed by atoms with van der Waals surface area (Å²) >= 11 is 0. The van der Waals surface area contributed by atoms with E-state index in [9.17, 15) is 5.26 Å². The Hall–Kier alpha value is -2.34. The number of aromatic nitrogens is 1. The highest BCUT2D eigenvalue weighted by Gasteiger charge is 2.14. The number of nitriles is 1. The van der Waals surface area contributed by atoms with Crippen LogP contribution in [-0.4, -0.2) is 12.0 Å². The number of rotatable bonds is 2. The van der Waals surface area contributed by atoms with Crippen LogP contribution in [0.2, 0.25) is 0 Å². The molecule has 0 bridgehead atoms. The van der Waals surface area contributed by atoms with Crippen LogP contribution < -0.4 is 4.90 Å². The summed E-state index contributed by atoms with van der Waals surface area (Å²) < 4.78 is 0. The predicted octanol–water partition coefficient (Wildman–Crippen LogP) is 3.95. The molecule has 1 heterocycles. The van der Waals surface area contributed by atoms with E-state index in [4.69, 9.17) is 0 Å². The second-order valence-corrected chi connectivity index (χ2v) is 5.20. The molecule has 2 rings (SSSR count). The van der Waals surface area contributed by atoms with Crippen molar-refractivity contribution in [2.75, 3.05) is 11.9 Å². The van der Waals surface area contributed by atoms with Crippen LogP contribution in [0.1, 0.15) is 28.1 Å². The van der Waals surface area contributed by atoms with Crippen molar-refractivity contribution < 1.29 is 0 Å². The summed E-state index contributed by atoms with van der Waals surface area (Å²) in [5, 5.41) is 9.38. The van der Waals surface area contributed by atoms with Gasteiger partial charge in [0.05, 0.1) is 16.9 Å². The fraction of sp³-hybridized carbons (Fsp3) is 0.294. The Morgan fingerprint density at radius 2 is 1.75 bits per heavy atom. The van der Waals surface area contributed by atoms with Gasteiger partial charge in [-0.1, -0.05) is 17.7 Å². The van der Waals surface area contributed by atoms with Gasteiger partial charge >= 0.3 is 0 Å². The van der Waals surface area contributed by atoms with Crippen LogP contribution in [0.5, 0.6) is 0 Å². The van der Waals surface area contributed by atoms with Crippen LogP contribution in [-0.2, 0) is 0 Å². The minimum atomic E-state index is 0.637. The molecule has 20 heavy (non-hydrogen) atoms. The number of nitrogens with zero attached hydrogens (tertiary/aromatic N) is 3. The Bertz CT molecular complexity index is 696. The molecule has 0 amide bonds. The maximum atomic E-state index is 9.38. The zero-order valence-electron chi connectivity index (χ0n) is 12.7. The molecule has 0 aliphatic carbocycles. The smallest absolute Gasteiger partial charge is 0.103 e. The molecule has 0 unspecified atom stereocenters. The highest BCUT2D eigenvalue weighted by Crippen LogP contribution is 2.31. The molecule has 0 spiro atoms. The van der Waals surface area contributed by atoms with Gasteiger partial charge in [-0.2, -0.15) is 5.26 Å². The van der Waals surface area contributed by atoms with E-state index in [0.29, 0.717) is 5.56 Å². The molecule has 0 N–H and O–H groups in total. The van der Waals surface area contributed by atoms with Crippen molar-refractivity contribution in [1.82, 2.24) is 4.98 Å². The van der Waals surface area contributed by atoms with Gasteiger partial charge in [-0.25, -0.2) is 0 Å². The van der Waals surface area contributed by atoms with Crippen LogP contribution in [0.3, 0.4) is 0 Å². The molecule has 0 saturated carbocycles. The summed E-state index contributed by atoms with van der Waals surface area (Å²) in [4.78, 5) is 6.43. The van der Waals surface area contributed by atoms with Gasteiger partial charge in [0.2, 0.25) is 0 Å². The minimum Gasteiger partial charge on any atom is -0.343 e. The largest absolute Gasteiger partial charge is 0.343 e. The molecule has 0 saturated heterocycles. The average molecular weight is 265 g/mol. The van der Waals surface area contributed by atoms with Gasteiger partial charge in [0, 0.05) is 18.4 Å². The molecule has 102 valence electrons. The molecule has 0 aliphatic heterocycles. The summed E-state index contributed by atoms with van der Waals surface area (Å²) in [5.41, 5.74) is 6.79. The quantitative estimate of drug-likeness (QED) is 0.825. The third kappa shape index (κ3) is 2.50. The van der Waals surface area contributed by atoms with E-state index in [-0.39, 0.29) is 0 Å². The highest BCUT2D eigenvalue weighted by atomic mass is 15.1. The maximum Gasteiger partial charge on any atom is 0.103 e. The summed E-state index contributed by atoms with van der Waals surface area (Å²) in [6.45, 7) is 8.00. The van der Waals surface area contributed by atoms with E-state index >= 15 is 0 Å². The van der Waals surface area contributed by atoms with Gasteiger partial charge in [0.1, 0.15) is 6.07 Å². The maximum absolute atomic E-state index is 9.38. The monoisotopic (exact) mass is 265 g/mol. The summed E-state index contributed by atoms with van der Waals surface area (Å²) in [7, 11) is 1.99. The number of pyridine rings is 1. The zero-order valence-corrected chi connectivity index (χ0v) is 12.7. The second kappa shape index (κ2) is 5.34. The topological polar surface area (TPSA) is 39.9 Å². The van der Waals surface area contributed by atoms with Gasteiger partial charge in [0.25, 0.3) is 0 Å². The zero-order chi connectivity index (χ0) is 14.9. The first kappa shape index (κ1) is 14.1. The predicted molar refractivity (Wildman–Crippen MR) is 82.4 cm³/mol. The first-order chi connectivity index (χ1) is 9.43. The van der Waals surface area contributed by atoms with Crippen molar-refractivity contribution in [3.05, 3.63) is 52.3 Å². The molecule has 1 aromatic carbocycles. The average Bonchev–Trinajstić information content (AvgIpc) is 2.37. The fourth-order valence-electron chi connectivity index (χ4n) is 2.52. The third-order valence-corrected chi connectivity index (χ3v) is 3.49. The summed E-state index contributed by atoms with van der Waals surface area (Å²) in [6, 6.07) is 10.6. The van der Waals surface area contributed by atoms with Crippen molar-refractivity contribution in [3.8, 4) is 6.07 Å². The van der Waals surface area contributed by atoms with Gasteiger partial charge in [0.15, 0.2) is 0 Å². The van der Waals surface area contributed by atoms with E-state index in [2.05, 4.69) is 48.0 Å². The molecular formula is C17H19N3. The van der Waals surface area contributed by atoms with Crippen LogP contribution in [0, 0.1) is 39.0 Å². The fourth-order valence-corrected chi connectivity index (χ4v) is 2.52. The molecule has 0 fully saturated rings. The molecule has 0 radical (unpaired) electrons. The minimum absolute atomic E-state index is 0.637. The Kier molecular flexibility index (Phi) is 3.76. The second-order valence-electron chi connectivity index (χ2n) is 5.20. The van der Waals surface area contributed by atoms with Crippen molar-refractivity contribution in [3.63, 3.8) is 0 Å². The Morgan fingerprint density at radius 1 is 1.05 bits per heavy atom. The lowest BCUT2D eigenvalue weighted by atomic mass is 10.1. The lowest BCUT2D eigenvalue weighted by Gasteiger charge is -2.24. The molecule has 1 aromatic heterocycles. The first-order valence-corrected chi connectivity index (χ1v) is 6.63. The number of hydrogen-bond acceptors (Lipinski definition) is 3. The summed E-state index contributed by atoms with van der Waals surface area (Å²) in [5.74, 6) is 0. The van der Waals surface area contributed by atoms with E-state index in [1.165, 1.54) is 11.1 Å².